The van der Waals surface area contributed by atoms with Gasteiger partial charge in [0.2, 0.25) is 0 Å². The van der Waals surface area contributed by atoms with Gasteiger partial charge in [-0.2, -0.15) is 0 Å². The Morgan fingerprint density at radius 2 is 2.25 bits per heavy atom. The Morgan fingerprint density at radius 1 is 1.38 bits per heavy atom. The lowest BCUT2D eigenvalue weighted by Crippen LogP contribution is -2.24. The Balaban J connectivity index is 1.99. The van der Waals surface area contributed by atoms with E-state index in [-0.39, 0.29) is 0 Å². The molecule has 3 rings (SSSR count). The van der Waals surface area contributed by atoms with Gasteiger partial charge in [0.25, 0.3) is 0 Å². The molecule has 2 heteroatoms. The second-order valence-electron chi connectivity index (χ2n) is 4.55. The fourth-order valence-corrected chi connectivity index (χ4v) is 2.72. The van der Waals surface area contributed by atoms with Gasteiger partial charge in [-0.15, -0.1) is 0 Å². The minimum atomic E-state index is 0.553. The van der Waals surface area contributed by atoms with E-state index in [1.54, 1.807) is 0 Å². The number of hydrogen-bond donors (Lipinski definition) is 1. The van der Waals surface area contributed by atoms with Crippen molar-refractivity contribution >= 4 is 11.0 Å². The van der Waals surface area contributed by atoms with E-state index in [2.05, 4.69) is 30.4 Å². The van der Waals surface area contributed by atoms with E-state index in [9.17, 15) is 0 Å². The summed E-state index contributed by atoms with van der Waals surface area (Å²) < 4.78 is 5.94. The topological polar surface area (TPSA) is 25.2 Å². The molecule has 2 nitrogen and oxygen atoms in total. The smallest absolute Gasteiger partial charge is 0.134 e. The lowest BCUT2D eigenvalue weighted by atomic mass is 9.96. The van der Waals surface area contributed by atoms with E-state index in [0.29, 0.717) is 12.0 Å². The molecule has 1 aliphatic heterocycles. The molecule has 2 aromatic rings. The molecule has 1 fully saturated rings. The van der Waals surface area contributed by atoms with Crippen LogP contribution in [0, 0.1) is 0 Å². The zero-order chi connectivity index (χ0) is 11.0. The summed E-state index contributed by atoms with van der Waals surface area (Å²) in [7, 11) is 0. The van der Waals surface area contributed by atoms with Crippen molar-refractivity contribution in [2.24, 2.45) is 0 Å². The summed E-state index contributed by atoms with van der Waals surface area (Å²) >= 11 is 0. The molecule has 2 atom stereocenters. The molecule has 0 aliphatic carbocycles. The standard InChI is InChI=1S/C14H17NO/c1-2-12-11(7-8-15-12)14-9-10-5-3-4-6-13(10)16-14/h3-6,9,11-12,15H,2,7-8H2,1H3. The Labute approximate surface area is 95.6 Å². The molecule has 16 heavy (non-hydrogen) atoms. The van der Waals surface area contributed by atoms with Crippen LogP contribution in [-0.4, -0.2) is 12.6 Å². The van der Waals surface area contributed by atoms with Crippen LogP contribution in [0.5, 0.6) is 0 Å². The first kappa shape index (κ1) is 9.91. The van der Waals surface area contributed by atoms with Gasteiger partial charge in [0, 0.05) is 17.3 Å². The molecule has 0 bridgehead atoms. The molecule has 1 saturated heterocycles. The summed E-state index contributed by atoms with van der Waals surface area (Å²) in [5, 5.41) is 4.76. The van der Waals surface area contributed by atoms with Crippen LogP contribution in [0.15, 0.2) is 34.7 Å². The third-order valence-corrected chi connectivity index (χ3v) is 3.60. The minimum absolute atomic E-state index is 0.553. The Morgan fingerprint density at radius 3 is 3.06 bits per heavy atom. The van der Waals surface area contributed by atoms with Gasteiger partial charge in [-0.3, -0.25) is 0 Å². The van der Waals surface area contributed by atoms with Crippen LogP contribution in [-0.2, 0) is 0 Å². The second-order valence-corrected chi connectivity index (χ2v) is 4.55. The third kappa shape index (κ3) is 1.54. The largest absolute Gasteiger partial charge is 0.461 e. The van der Waals surface area contributed by atoms with Crippen molar-refractivity contribution in [3.63, 3.8) is 0 Å². The minimum Gasteiger partial charge on any atom is -0.461 e. The van der Waals surface area contributed by atoms with Gasteiger partial charge in [-0.05, 0) is 31.5 Å². The Hall–Kier alpha value is -1.28. The first-order chi connectivity index (χ1) is 7.88. The molecule has 0 radical (unpaired) electrons. The van der Waals surface area contributed by atoms with Crippen molar-refractivity contribution in [1.29, 1.82) is 0 Å². The lowest BCUT2D eigenvalue weighted by molar-refractivity contribution is 0.442. The molecule has 1 N–H and O–H groups in total. The molecule has 1 aromatic carbocycles. The van der Waals surface area contributed by atoms with E-state index in [4.69, 9.17) is 4.42 Å². The Kier molecular flexibility index (Phi) is 2.44. The molecule has 2 heterocycles. The fraction of sp³-hybridized carbons (Fsp3) is 0.429. The zero-order valence-corrected chi connectivity index (χ0v) is 9.57. The van der Waals surface area contributed by atoms with Gasteiger partial charge < -0.3 is 9.73 Å². The maximum absolute atomic E-state index is 5.94. The number of hydrogen-bond acceptors (Lipinski definition) is 2. The number of benzene rings is 1. The van der Waals surface area contributed by atoms with Crippen LogP contribution in [0.25, 0.3) is 11.0 Å². The summed E-state index contributed by atoms with van der Waals surface area (Å²) in [4.78, 5) is 0. The fourth-order valence-electron chi connectivity index (χ4n) is 2.72. The van der Waals surface area contributed by atoms with Crippen LogP contribution in [0.1, 0.15) is 31.4 Å². The van der Waals surface area contributed by atoms with Gasteiger partial charge in [0.15, 0.2) is 0 Å². The monoisotopic (exact) mass is 215 g/mol. The third-order valence-electron chi connectivity index (χ3n) is 3.60. The number of furan rings is 1. The van der Waals surface area contributed by atoms with Crippen molar-refractivity contribution in [3.05, 3.63) is 36.1 Å². The molecule has 84 valence electrons. The lowest BCUT2D eigenvalue weighted by Gasteiger charge is -2.14. The van der Waals surface area contributed by atoms with E-state index in [1.165, 1.54) is 18.2 Å². The first-order valence-corrected chi connectivity index (χ1v) is 6.10. The van der Waals surface area contributed by atoms with Crippen molar-refractivity contribution < 1.29 is 4.42 Å². The number of nitrogens with one attached hydrogen (secondary N) is 1. The van der Waals surface area contributed by atoms with Crippen molar-refractivity contribution in [3.8, 4) is 0 Å². The normalized spacial score (nSPS) is 25.3. The Bertz CT molecular complexity index is 455. The van der Waals surface area contributed by atoms with Crippen LogP contribution in [0.2, 0.25) is 0 Å². The van der Waals surface area contributed by atoms with Crippen LogP contribution < -0.4 is 5.32 Å². The highest BCUT2D eigenvalue weighted by molar-refractivity contribution is 5.77. The van der Waals surface area contributed by atoms with Crippen LogP contribution in [0.4, 0.5) is 0 Å². The van der Waals surface area contributed by atoms with Crippen molar-refractivity contribution in [1.82, 2.24) is 5.32 Å². The highest BCUT2D eigenvalue weighted by atomic mass is 16.3. The van der Waals surface area contributed by atoms with Gasteiger partial charge in [-0.25, -0.2) is 0 Å². The predicted molar refractivity (Wildman–Crippen MR) is 65.7 cm³/mol. The van der Waals surface area contributed by atoms with E-state index >= 15 is 0 Å². The van der Waals surface area contributed by atoms with E-state index in [0.717, 1.165) is 17.9 Å². The highest BCUT2D eigenvalue weighted by Crippen LogP contribution is 2.33. The number of para-hydroxylation sites is 1. The van der Waals surface area contributed by atoms with Gasteiger partial charge >= 0.3 is 0 Å². The summed E-state index contributed by atoms with van der Waals surface area (Å²) in [6.45, 7) is 3.35. The molecule has 0 spiro atoms. The molecular formula is C14H17NO. The van der Waals surface area contributed by atoms with Crippen LogP contribution in [0.3, 0.4) is 0 Å². The quantitative estimate of drug-likeness (QED) is 0.831. The van der Waals surface area contributed by atoms with Gasteiger partial charge in [0.1, 0.15) is 11.3 Å². The molecule has 0 saturated carbocycles. The van der Waals surface area contributed by atoms with E-state index in [1.807, 2.05) is 12.1 Å². The average molecular weight is 215 g/mol. The van der Waals surface area contributed by atoms with Crippen molar-refractivity contribution in [2.75, 3.05) is 6.54 Å². The molecule has 1 aliphatic rings. The predicted octanol–water partition coefficient (Wildman–Crippen LogP) is 3.29. The van der Waals surface area contributed by atoms with Gasteiger partial charge in [0.05, 0.1) is 0 Å². The summed E-state index contributed by atoms with van der Waals surface area (Å²) in [6, 6.07) is 11.0. The summed E-state index contributed by atoms with van der Waals surface area (Å²) in [5.41, 5.74) is 1.01. The average Bonchev–Trinajstić information content (AvgIpc) is 2.94. The maximum atomic E-state index is 5.94. The van der Waals surface area contributed by atoms with Gasteiger partial charge in [-0.1, -0.05) is 25.1 Å². The summed E-state index contributed by atoms with van der Waals surface area (Å²) in [6.07, 6.45) is 2.36. The molecule has 1 aromatic heterocycles. The first-order valence-electron chi connectivity index (χ1n) is 6.10. The zero-order valence-electron chi connectivity index (χ0n) is 9.57. The van der Waals surface area contributed by atoms with Crippen molar-refractivity contribution in [2.45, 2.75) is 31.7 Å². The number of fused-ring (bicyclic) bond motifs is 1. The highest BCUT2D eigenvalue weighted by Gasteiger charge is 2.29. The summed E-state index contributed by atoms with van der Waals surface area (Å²) in [5.74, 6) is 1.70. The molecule has 0 amide bonds. The maximum Gasteiger partial charge on any atom is 0.134 e. The molecular weight excluding hydrogens is 198 g/mol. The van der Waals surface area contributed by atoms with E-state index < -0.39 is 0 Å². The molecule has 2 unspecified atom stereocenters. The SMILES string of the molecule is CCC1NCCC1c1cc2ccccc2o1. The van der Waals surface area contributed by atoms with Crippen LogP contribution >= 0.6 is 0 Å². The second kappa shape index (κ2) is 3.95. The number of rotatable bonds is 2.